The smallest absolute Gasteiger partial charge is 0.408 e. The molecule has 0 bridgehead atoms. The number of esters is 1. The van der Waals surface area contributed by atoms with Crippen LogP contribution in [0.15, 0.2) is 60.8 Å². The van der Waals surface area contributed by atoms with Gasteiger partial charge in [-0.15, -0.1) is 0 Å². The number of carbonyl (C=O) groups excluding carboxylic acids is 2. The van der Waals surface area contributed by atoms with Crippen LogP contribution in [-0.4, -0.2) is 47.9 Å². The van der Waals surface area contributed by atoms with Crippen molar-refractivity contribution in [3.8, 4) is 22.9 Å². The second kappa shape index (κ2) is 12.0. The maximum atomic E-state index is 12.4. The van der Waals surface area contributed by atoms with Crippen molar-refractivity contribution < 1.29 is 28.5 Å². The Morgan fingerprint density at radius 2 is 1.67 bits per heavy atom. The molecule has 2 aromatic carbocycles. The third kappa shape index (κ3) is 7.43. The number of hydrogen-bond acceptors (Lipinski definition) is 8. The summed E-state index contributed by atoms with van der Waals surface area (Å²) < 4.78 is 21.6. The Morgan fingerprint density at radius 3 is 2.36 bits per heavy atom. The molecule has 1 aromatic heterocycles. The molecule has 0 unspecified atom stereocenters. The first kappa shape index (κ1) is 26.5. The molecule has 0 aliphatic rings. The van der Waals surface area contributed by atoms with Crippen molar-refractivity contribution in [1.29, 1.82) is 0 Å². The van der Waals surface area contributed by atoms with Crippen LogP contribution in [0, 0.1) is 0 Å². The van der Waals surface area contributed by atoms with Crippen molar-refractivity contribution in [2.75, 3.05) is 14.2 Å². The number of nitrogens with zero attached hydrogens (tertiary/aromatic N) is 2. The molecule has 0 aliphatic heterocycles. The van der Waals surface area contributed by atoms with Gasteiger partial charge in [0.25, 0.3) is 0 Å². The molecule has 36 heavy (non-hydrogen) atoms. The van der Waals surface area contributed by atoms with E-state index in [0.29, 0.717) is 28.6 Å². The molecule has 1 heterocycles. The number of hydrogen-bond donors (Lipinski definition) is 1. The highest BCUT2D eigenvalue weighted by Gasteiger charge is 2.26. The normalized spacial score (nSPS) is 11.8. The predicted octanol–water partition coefficient (Wildman–Crippen LogP) is 4.34. The summed E-state index contributed by atoms with van der Waals surface area (Å²) in [5.41, 5.74) is 1.45. The van der Waals surface area contributed by atoms with Crippen LogP contribution >= 0.6 is 0 Å². The fourth-order valence-electron chi connectivity index (χ4n) is 3.41. The summed E-state index contributed by atoms with van der Waals surface area (Å²) in [6, 6.07) is 15.6. The molecule has 0 saturated carbocycles. The van der Waals surface area contributed by atoms with E-state index in [9.17, 15) is 9.59 Å². The first-order valence-corrected chi connectivity index (χ1v) is 11.4. The van der Waals surface area contributed by atoms with Gasteiger partial charge in [-0.2, -0.15) is 0 Å². The zero-order chi connectivity index (χ0) is 26.1. The second-order valence-corrected chi connectivity index (χ2v) is 8.89. The van der Waals surface area contributed by atoms with Crippen LogP contribution < -0.4 is 14.8 Å². The lowest BCUT2D eigenvalue weighted by molar-refractivity contribution is -0.143. The van der Waals surface area contributed by atoms with Crippen molar-refractivity contribution in [1.82, 2.24) is 15.3 Å². The van der Waals surface area contributed by atoms with Crippen molar-refractivity contribution in [2.24, 2.45) is 0 Å². The molecule has 0 aliphatic carbocycles. The molecule has 0 saturated heterocycles. The molecule has 9 nitrogen and oxygen atoms in total. The molecule has 1 atom stereocenters. The van der Waals surface area contributed by atoms with Crippen LogP contribution in [-0.2, 0) is 27.3 Å². The Morgan fingerprint density at radius 1 is 0.972 bits per heavy atom. The minimum atomic E-state index is -0.953. The van der Waals surface area contributed by atoms with Crippen LogP contribution in [0.25, 0.3) is 11.4 Å². The molecule has 3 rings (SSSR count). The van der Waals surface area contributed by atoms with Crippen molar-refractivity contribution in [3.05, 3.63) is 72.1 Å². The Hall–Kier alpha value is -4.14. The van der Waals surface area contributed by atoms with E-state index in [1.165, 1.54) is 7.11 Å². The van der Waals surface area contributed by atoms with Gasteiger partial charge in [0.05, 0.1) is 25.5 Å². The summed E-state index contributed by atoms with van der Waals surface area (Å²) in [5.74, 6) is 1.16. The summed E-state index contributed by atoms with van der Waals surface area (Å²) in [5, 5.41) is 2.59. The molecule has 0 fully saturated rings. The maximum Gasteiger partial charge on any atom is 0.408 e. The van der Waals surface area contributed by atoms with E-state index in [1.807, 2.05) is 42.5 Å². The van der Waals surface area contributed by atoms with Crippen molar-refractivity contribution in [2.45, 2.75) is 45.4 Å². The molecule has 0 radical (unpaired) electrons. The summed E-state index contributed by atoms with van der Waals surface area (Å²) in [6.45, 7) is 5.41. The number of alkyl carbamates (subject to hydrolysis) is 1. The lowest BCUT2D eigenvalue weighted by atomic mass is 10.0. The standard InChI is InChI=1S/C27H31N3O6/c1-27(2,3)36-26(32)30-21(25(31)34-5)16-18-10-6-8-12-22(18)35-17-19-14-15-28-24(29-19)20-11-7-9-13-23(20)33-4/h6-15,21H,16-17H2,1-5H3,(H,30,32)/t21-/m0/s1. The second-order valence-electron chi connectivity index (χ2n) is 8.89. The number of methoxy groups -OCH3 is 2. The predicted molar refractivity (Wildman–Crippen MR) is 134 cm³/mol. The van der Waals surface area contributed by atoms with E-state index in [4.69, 9.17) is 18.9 Å². The fourth-order valence-corrected chi connectivity index (χ4v) is 3.41. The number of benzene rings is 2. The van der Waals surface area contributed by atoms with Gasteiger partial charge in [0, 0.05) is 12.6 Å². The lowest BCUT2D eigenvalue weighted by Gasteiger charge is -2.23. The maximum absolute atomic E-state index is 12.4. The SMILES string of the molecule is COC(=O)[C@H](Cc1ccccc1OCc1ccnc(-c2ccccc2OC)n1)NC(=O)OC(C)(C)C. The third-order valence-electron chi connectivity index (χ3n) is 5.01. The number of rotatable bonds is 9. The zero-order valence-electron chi connectivity index (χ0n) is 21.1. The van der Waals surface area contributed by atoms with E-state index < -0.39 is 23.7 Å². The van der Waals surface area contributed by atoms with Crippen LogP contribution in [0.5, 0.6) is 11.5 Å². The largest absolute Gasteiger partial charge is 0.496 e. The quantitative estimate of drug-likeness (QED) is 0.439. The highest BCUT2D eigenvalue weighted by atomic mass is 16.6. The molecule has 0 spiro atoms. The Kier molecular flexibility index (Phi) is 8.83. The van der Waals surface area contributed by atoms with E-state index in [-0.39, 0.29) is 13.0 Å². The summed E-state index contributed by atoms with van der Waals surface area (Å²) in [6.07, 6.45) is 1.11. The van der Waals surface area contributed by atoms with Gasteiger partial charge in [0.1, 0.15) is 29.7 Å². The molecule has 9 heteroatoms. The minimum Gasteiger partial charge on any atom is -0.496 e. The van der Waals surface area contributed by atoms with Gasteiger partial charge >= 0.3 is 12.1 Å². The number of carbonyl (C=O) groups is 2. The van der Waals surface area contributed by atoms with Crippen LogP contribution in [0.2, 0.25) is 0 Å². The highest BCUT2D eigenvalue weighted by molar-refractivity contribution is 5.81. The zero-order valence-corrected chi connectivity index (χ0v) is 21.1. The topological polar surface area (TPSA) is 109 Å². The monoisotopic (exact) mass is 493 g/mol. The summed E-state index contributed by atoms with van der Waals surface area (Å²) in [7, 11) is 2.87. The molecular formula is C27H31N3O6. The van der Waals surface area contributed by atoms with Gasteiger partial charge in [-0.05, 0) is 50.6 Å². The van der Waals surface area contributed by atoms with Gasteiger partial charge in [-0.25, -0.2) is 19.6 Å². The lowest BCUT2D eigenvalue weighted by Crippen LogP contribution is -2.45. The molecule has 190 valence electrons. The highest BCUT2D eigenvalue weighted by Crippen LogP contribution is 2.27. The van der Waals surface area contributed by atoms with Gasteiger partial charge < -0.3 is 24.3 Å². The van der Waals surface area contributed by atoms with Crippen LogP contribution in [0.4, 0.5) is 4.79 Å². The van der Waals surface area contributed by atoms with E-state index >= 15 is 0 Å². The average molecular weight is 494 g/mol. The average Bonchev–Trinajstić information content (AvgIpc) is 2.86. The van der Waals surface area contributed by atoms with E-state index in [2.05, 4.69) is 15.3 Å². The van der Waals surface area contributed by atoms with Crippen LogP contribution in [0.3, 0.4) is 0 Å². The van der Waals surface area contributed by atoms with E-state index in [1.54, 1.807) is 46.2 Å². The third-order valence-corrected chi connectivity index (χ3v) is 5.01. The first-order valence-electron chi connectivity index (χ1n) is 11.4. The number of aromatic nitrogens is 2. The Labute approximate surface area is 210 Å². The molecular weight excluding hydrogens is 462 g/mol. The first-order chi connectivity index (χ1) is 17.2. The van der Waals surface area contributed by atoms with Gasteiger partial charge in [0.15, 0.2) is 5.82 Å². The number of nitrogens with one attached hydrogen (secondary N) is 1. The van der Waals surface area contributed by atoms with Crippen molar-refractivity contribution >= 4 is 12.1 Å². The number of ether oxygens (including phenoxy) is 4. The van der Waals surface area contributed by atoms with E-state index in [0.717, 1.165) is 5.56 Å². The van der Waals surface area contributed by atoms with Crippen molar-refractivity contribution in [3.63, 3.8) is 0 Å². The molecule has 3 aromatic rings. The summed E-state index contributed by atoms with van der Waals surface area (Å²) in [4.78, 5) is 33.6. The minimum absolute atomic E-state index is 0.151. The molecule has 1 amide bonds. The fraction of sp³-hybridized carbons (Fsp3) is 0.333. The summed E-state index contributed by atoms with van der Waals surface area (Å²) >= 11 is 0. The molecule has 1 N–H and O–H groups in total. The number of para-hydroxylation sites is 2. The number of amides is 1. The van der Waals surface area contributed by atoms with Crippen LogP contribution in [0.1, 0.15) is 32.0 Å². The Balaban J connectivity index is 1.75. The van der Waals surface area contributed by atoms with Gasteiger partial charge in [-0.3, -0.25) is 0 Å². The Bertz CT molecular complexity index is 1190. The van der Waals surface area contributed by atoms with Gasteiger partial charge in [0.2, 0.25) is 0 Å². The van der Waals surface area contributed by atoms with Gasteiger partial charge in [-0.1, -0.05) is 30.3 Å².